The van der Waals surface area contributed by atoms with Crippen molar-refractivity contribution < 1.29 is 9.53 Å². The molecule has 74 valence electrons. The van der Waals surface area contributed by atoms with Crippen LogP contribution in [0.3, 0.4) is 0 Å². The average molecular weight is 183 g/mol. The molecular weight excluding hydrogens is 166 g/mol. The molecule has 0 aromatic rings. The second-order valence-corrected chi connectivity index (χ2v) is 4.10. The van der Waals surface area contributed by atoms with E-state index in [0.29, 0.717) is 17.9 Å². The maximum Gasteiger partial charge on any atom is 0.134 e. The molecular formula is C10H17NO2. The van der Waals surface area contributed by atoms with Crippen LogP contribution >= 0.6 is 0 Å². The first kappa shape index (κ1) is 9.16. The highest BCUT2D eigenvalue weighted by molar-refractivity contribution is 5.81. The van der Waals surface area contributed by atoms with Crippen molar-refractivity contribution in [1.82, 2.24) is 4.90 Å². The molecule has 13 heavy (non-hydrogen) atoms. The minimum Gasteiger partial charge on any atom is -0.379 e. The molecule has 1 aliphatic carbocycles. The second-order valence-electron chi connectivity index (χ2n) is 4.10. The molecule has 2 aliphatic rings. The number of rotatable bonds is 1. The molecule has 3 heteroatoms. The van der Waals surface area contributed by atoms with E-state index in [0.717, 1.165) is 39.0 Å². The van der Waals surface area contributed by atoms with Crippen molar-refractivity contribution in [2.24, 2.45) is 0 Å². The zero-order valence-electron chi connectivity index (χ0n) is 8.16. The van der Waals surface area contributed by atoms with Crippen LogP contribution in [-0.2, 0) is 9.53 Å². The van der Waals surface area contributed by atoms with E-state index >= 15 is 0 Å². The molecule has 0 spiro atoms. The number of carbonyl (C=O) groups is 1. The molecule has 0 amide bonds. The number of ketones is 1. The lowest BCUT2D eigenvalue weighted by atomic mass is 10.1. The summed E-state index contributed by atoms with van der Waals surface area (Å²) in [4.78, 5) is 13.6. The van der Waals surface area contributed by atoms with Crippen molar-refractivity contribution in [3.05, 3.63) is 0 Å². The van der Waals surface area contributed by atoms with Crippen molar-refractivity contribution in [3.63, 3.8) is 0 Å². The Hall–Kier alpha value is -0.410. The number of hydrogen-bond acceptors (Lipinski definition) is 3. The first-order valence-corrected chi connectivity index (χ1v) is 5.12. The highest BCUT2D eigenvalue weighted by Crippen LogP contribution is 2.23. The third kappa shape index (κ3) is 1.92. The number of ether oxygens (including phenoxy) is 1. The fourth-order valence-electron chi connectivity index (χ4n) is 2.36. The molecule has 0 bridgehead atoms. The van der Waals surface area contributed by atoms with Crippen LogP contribution in [0, 0.1) is 0 Å². The fourth-order valence-corrected chi connectivity index (χ4v) is 2.36. The van der Waals surface area contributed by atoms with E-state index in [2.05, 4.69) is 11.8 Å². The number of Topliss-reactive ketones (excluding diaryl/α,β-unsaturated/α-hetero) is 1. The van der Waals surface area contributed by atoms with Gasteiger partial charge in [0.2, 0.25) is 0 Å². The summed E-state index contributed by atoms with van der Waals surface area (Å²) in [5.74, 6) is 0.434. The van der Waals surface area contributed by atoms with Crippen LogP contribution in [0.1, 0.15) is 26.2 Å². The number of carbonyl (C=O) groups excluding carboxylic acids is 1. The molecule has 2 atom stereocenters. The largest absolute Gasteiger partial charge is 0.379 e. The third-order valence-electron chi connectivity index (χ3n) is 3.11. The predicted octanol–water partition coefficient (Wildman–Crippen LogP) is 0.829. The van der Waals surface area contributed by atoms with Crippen LogP contribution in [-0.4, -0.2) is 42.5 Å². The number of morpholine rings is 1. The Balaban J connectivity index is 1.94. The van der Waals surface area contributed by atoms with E-state index in [-0.39, 0.29) is 0 Å². The van der Waals surface area contributed by atoms with Gasteiger partial charge in [-0.05, 0) is 13.3 Å². The topological polar surface area (TPSA) is 29.5 Å². The third-order valence-corrected chi connectivity index (χ3v) is 3.11. The standard InChI is InChI=1S/C10H17NO2/c1-8-7-13-5-4-11(8)9-2-3-10(12)6-9/h8-9H,2-7H2,1H3. The summed E-state index contributed by atoms with van der Waals surface area (Å²) in [6.45, 7) is 4.83. The normalized spacial score (nSPS) is 36.8. The Labute approximate surface area is 79.0 Å². The van der Waals surface area contributed by atoms with Gasteiger partial charge < -0.3 is 4.74 Å². The van der Waals surface area contributed by atoms with E-state index in [9.17, 15) is 4.79 Å². The second kappa shape index (κ2) is 3.76. The van der Waals surface area contributed by atoms with Gasteiger partial charge in [0.15, 0.2) is 0 Å². The Bertz CT molecular complexity index is 205. The first-order valence-electron chi connectivity index (χ1n) is 5.12. The van der Waals surface area contributed by atoms with Gasteiger partial charge in [0.1, 0.15) is 5.78 Å². The molecule has 0 aromatic heterocycles. The minimum absolute atomic E-state index is 0.434. The molecule has 0 N–H and O–H groups in total. The Morgan fingerprint density at radius 2 is 2.38 bits per heavy atom. The van der Waals surface area contributed by atoms with Gasteiger partial charge in [-0.15, -0.1) is 0 Å². The highest BCUT2D eigenvalue weighted by Gasteiger charge is 2.31. The smallest absolute Gasteiger partial charge is 0.134 e. The van der Waals surface area contributed by atoms with E-state index in [1.807, 2.05) is 0 Å². The molecule has 2 fully saturated rings. The van der Waals surface area contributed by atoms with Crippen LogP contribution < -0.4 is 0 Å². The Morgan fingerprint density at radius 3 is 3.00 bits per heavy atom. The monoisotopic (exact) mass is 183 g/mol. The average Bonchev–Trinajstić information content (AvgIpc) is 2.53. The lowest BCUT2D eigenvalue weighted by Gasteiger charge is -2.37. The molecule has 2 rings (SSSR count). The maximum atomic E-state index is 11.1. The summed E-state index contributed by atoms with van der Waals surface area (Å²) in [5, 5.41) is 0. The van der Waals surface area contributed by atoms with E-state index in [1.165, 1.54) is 0 Å². The highest BCUT2D eigenvalue weighted by atomic mass is 16.5. The molecule has 3 nitrogen and oxygen atoms in total. The first-order chi connectivity index (χ1) is 6.27. The zero-order valence-corrected chi connectivity index (χ0v) is 8.16. The quantitative estimate of drug-likeness (QED) is 0.603. The van der Waals surface area contributed by atoms with E-state index in [4.69, 9.17) is 4.74 Å². The van der Waals surface area contributed by atoms with Gasteiger partial charge in [-0.2, -0.15) is 0 Å². The summed E-state index contributed by atoms with van der Waals surface area (Å²) < 4.78 is 5.37. The molecule has 2 unspecified atom stereocenters. The van der Waals surface area contributed by atoms with Crippen molar-refractivity contribution in [3.8, 4) is 0 Å². The van der Waals surface area contributed by atoms with Gasteiger partial charge in [0.25, 0.3) is 0 Å². The fraction of sp³-hybridized carbons (Fsp3) is 0.900. The summed E-state index contributed by atoms with van der Waals surface area (Å²) >= 11 is 0. The van der Waals surface area contributed by atoms with Crippen LogP contribution in [0.25, 0.3) is 0 Å². The van der Waals surface area contributed by atoms with Crippen LogP contribution in [0.15, 0.2) is 0 Å². The van der Waals surface area contributed by atoms with Crippen molar-refractivity contribution in [2.45, 2.75) is 38.3 Å². The van der Waals surface area contributed by atoms with Crippen molar-refractivity contribution >= 4 is 5.78 Å². The van der Waals surface area contributed by atoms with E-state index < -0.39 is 0 Å². The molecule has 0 radical (unpaired) electrons. The summed E-state index contributed by atoms with van der Waals surface area (Å²) in [7, 11) is 0. The lowest BCUT2D eigenvalue weighted by Crippen LogP contribution is -2.48. The van der Waals surface area contributed by atoms with Gasteiger partial charge in [-0.1, -0.05) is 0 Å². The van der Waals surface area contributed by atoms with Gasteiger partial charge in [0, 0.05) is 31.5 Å². The summed E-state index contributed by atoms with van der Waals surface area (Å²) in [6.07, 6.45) is 2.61. The molecule has 1 heterocycles. The molecule has 1 saturated carbocycles. The Kier molecular flexibility index (Phi) is 2.65. The summed E-state index contributed by atoms with van der Waals surface area (Å²) in [5.41, 5.74) is 0. The summed E-state index contributed by atoms with van der Waals surface area (Å²) in [6, 6.07) is 0.996. The van der Waals surface area contributed by atoms with Gasteiger partial charge >= 0.3 is 0 Å². The lowest BCUT2D eigenvalue weighted by molar-refractivity contribution is -0.118. The molecule has 1 aliphatic heterocycles. The molecule has 0 aromatic carbocycles. The van der Waals surface area contributed by atoms with Gasteiger partial charge in [-0.25, -0.2) is 0 Å². The van der Waals surface area contributed by atoms with Crippen molar-refractivity contribution in [2.75, 3.05) is 19.8 Å². The van der Waals surface area contributed by atoms with Crippen LogP contribution in [0.2, 0.25) is 0 Å². The SMILES string of the molecule is CC1COCCN1C1CCC(=O)C1. The minimum atomic E-state index is 0.434. The van der Waals surface area contributed by atoms with Crippen molar-refractivity contribution in [1.29, 1.82) is 0 Å². The molecule has 1 saturated heterocycles. The van der Waals surface area contributed by atoms with E-state index in [1.54, 1.807) is 0 Å². The Morgan fingerprint density at radius 1 is 1.54 bits per heavy atom. The van der Waals surface area contributed by atoms with Crippen LogP contribution in [0.5, 0.6) is 0 Å². The van der Waals surface area contributed by atoms with Crippen LogP contribution in [0.4, 0.5) is 0 Å². The zero-order chi connectivity index (χ0) is 9.26. The predicted molar refractivity (Wildman–Crippen MR) is 49.6 cm³/mol. The number of nitrogens with zero attached hydrogens (tertiary/aromatic N) is 1. The van der Waals surface area contributed by atoms with Gasteiger partial charge in [-0.3, -0.25) is 9.69 Å². The number of hydrogen-bond donors (Lipinski definition) is 0. The maximum absolute atomic E-state index is 11.1. The van der Waals surface area contributed by atoms with Gasteiger partial charge in [0.05, 0.1) is 13.2 Å².